The Morgan fingerprint density at radius 2 is 1.96 bits per heavy atom. The molecule has 0 bridgehead atoms. The van der Waals surface area contributed by atoms with Crippen molar-refractivity contribution in [1.82, 2.24) is 10.4 Å². The van der Waals surface area contributed by atoms with E-state index in [0.717, 1.165) is 42.8 Å². The van der Waals surface area contributed by atoms with E-state index in [2.05, 4.69) is 82.6 Å². The van der Waals surface area contributed by atoms with Crippen molar-refractivity contribution < 1.29 is 4.84 Å². The van der Waals surface area contributed by atoms with Gasteiger partial charge in [0.15, 0.2) is 0 Å². The van der Waals surface area contributed by atoms with Crippen molar-refractivity contribution in [3.63, 3.8) is 0 Å². The maximum atomic E-state index is 6.37. The molecule has 3 nitrogen and oxygen atoms in total. The summed E-state index contributed by atoms with van der Waals surface area (Å²) in [5.41, 5.74) is 4.07. The molecule has 0 aliphatic carbocycles. The maximum absolute atomic E-state index is 6.37. The Balaban J connectivity index is 1.70. The minimum atomic E-state index is 0.613. The number of unbranched alkanes of at least 4 members (excludes halogenated alkanes) is 1. The van der Waals surface area contributed by atoms with Gasteiger partial charge >= 0.3 is 0 Å². The standard InChI is InChI=1S/C23H31BrN2O/c1-3-4-5-18(2)16-26(17-19-6-9-22(24)10-7-19)27-23-11-8-21-15-25-13-12-20(21)14-23/h6-11,14,18,25H,3-5,12-13,15-17H2,1-2H3. The van der Waals surface area contributed by atoms with E-state index in [0.29, 0.717) is 5.92 Å². The molecule has 0 saturated carbocycles. The zero-order valence-electron chi connectivity index (χ0n) is 16.5. The normalized spacial score (nSPS) is 14.8. The summed E-state index contributed by atoms with van der Waals surface area (Å²) in [7, 11) is 0. The van der Waals surface area contributed by atoms with Crippen LogP contribution in [0.15, 0.2) is 46.9 Å². The summed E-state index contributed by atoms with van der Waals surface area (Å²) < 4.78 is 1.11. The molecule has 27 heavy (non-hydrogen) atoms. The van der Waals surface area contributed by atoms with Gasteiger partial charge in [-0.15, -0.1) is 5.06 Å². The highest BCUT2D eigenvalue weighted by Crippen LogP contribution is 2.23. The molecule has 0 aromatic heterocycles. The summed E-state index contributed by atoms with van der Waals surface area (Å²) in [6, 6.07) is 15.1. The second-order valence-corrected chi connectivity index (χ2v) is 8.56. The Hall–Kier alpha value is -1.36. The van der Waals surface area contributed by atoms with Crippen LogP contribution in [0, 0.1) is 5.92 Å². The minimum absolute atomic E-state index is 0.613. The summed E-state index contributed by atoms with van der Waals surface area (Å²) in [6.07, 6.45) is 4.84. The largest absolute Gasteiger partial charge is 0.406 e. The Bertz CT molecular complexity index is 717. The first kappa shape index (κ1) is 20.4. The van der Waals surface area contributed by atoms with Crippen molar-refractivity contribution in [3.8, 4) is 5.75 Å². The molecular formula is C23H31BrN2O. The third-order valence-corrected chi connectivity index (χ3v) is 5.67. The van der Waals surface area contributed by atoms with Gasteiger partial charge in [0, 0.05) is 17.6 Å². The lowest BCUT2D eigenvalue weighted by Gasteiger charge is -2.27. The van der Waals surface area contributed by atoms with Crippen LogP contribution in [0.25, 0.3) is 0 Å². The van der Waals surface area contributed by atoms with Crippen molar-refractivity contribution >= 4 is 15.9 Å². The van der Waals surface area contributed by atoms with Gasteiger partial charge in [-0.2, -0.15) is 0 Å². The molecular weight excluding hydrogens is 400 g/mol. The molecule has 1 aliphatic heterocycles. The molecule has 0 spiro atoms. The van der Waals surface area contributed by atoms with Crippen LogP contribution in [0.1, 0.15) is 49.8 Å². The van der Waals surface area contributed by atoms with Crippen molar-refractivity contribution in [2.45, 2.75) is 52.6 Å². The first-order valence-electron chi connectivity index (χ1n) is 10.1. The molecule has 3 rings (SSSR count). The molecule has 0 radical (unpaired) electrons. The number of hydrogen-bond donors (Lipinski definition) is 1. The van der Waals surface area contributed by atoms with Crippen LogP contribution in [0.5, 0.6) is 5.75 Å². The number of nitrogens with one attached hydrogen (secondary N) is 1. The first-order valence-corrected chi connectivity index (χ1v) is 10.9. The molecule has 1 unspecified atom stereocenters. The minimum Gasteiger partial charge on any atom is -0.406 e. The molecule has 2 aromatic carbocycles. The average molecular weight is 431 g/mol. The fourth-order valence-electron chi connectivity index (χ4n) is 3.58. The van der Waals surface area contributed by atoms with Crippen LogP contribution < -0.4 is 10.2 Å². The van der Waals surface area contributed by atoms with Crippen molar-refractivity contribution in [2.24, 2.45) is 5.92 Å². The Labute approximate surface area is 172 Å². The van der Waals surface area contributed by atoms with Gasteiger partial charge in [0.2, 0.25) is 0 Å². The Morgan fingerprint density at radius 1 is 1.15 bits per heavy atom. The number of fused-ring (bicyclic) bond motifs is 1. The van der Waals surface area contributed by atoms with E-state index in [9.17, 15) is 0 Å². The number of nitrogens with zero attached hydrogens (tertiary/aromatic N) is 1. The number of rotatable bonds is 9. The number of hydrogen-bond acceptors (Lipinski definition) is 3. The lowest BCUT2D eigenvalue weighted by atomic mass is 10.0. The fraction of sp³-hybridized carbons (Fsp3) is 0.478. The average Bonchev–Trinajstić information content (AvgIpc) is 2.68. The quantitative estimate of drug-likeness (QED) is 0.514. The summed E-state index contributed by atoms with van der Waals surface area (Å²) in [6.45, 7) is 8.33. The van der Waals surface area contributed by atoms with Gasteiger partial charge in [-0.25, -0.2) is 0 Å². The van der Waals surface area contributed by atoms with Gasteiger partial charge in [0.25, 0.3) is 0 Å². The Kier molecular flexibility index (Phi) is 7.74. The lowest BCUT2D eigenvalue weighted by Crippen LogP contribution is -2.32. The first-order chi connectivity index (χ1) is 13.1. The van der Waals surface area contributed by atoms with E-state index in [1.165, 1.54) is 36.0 Å². The molecule has 146 valence electrons. The SMILES string of the molecule is CCCCC(C)CN(Cc1ccc(Br)cc1)Oc1ccc2c(c1)CCNC2. The highest BCUT2D eigenvalue weighted by atomic mass is 79.9. The predicted octanol–water partition coefficient (Wildman–Crippen LogP) is 5.72. The van der Waals surface area contributed by atoms with Crippen LogP contribution in [-0.2, 0) is 19.5 Å². The highest BCUT2D eigenvalue weighted by molar-refractivity contribution is 9.10. The van der Waals surface area contributed by atoms with E-state index < -0.39 is 0 Å². The third-order valence-electron chi connectivity index (χ3n) is 5.14. The summed E-state index contributed by atoms with van der Waals surface area (Å²) in [4.78, 5) is 6.37. The molecule has 0 fully saturated rings. The van der Waals surface area contributed by atoms with E-state index in [1.54, 1.807) is 0 Å². The molecule has 0 amide bonds. The molecule has 4 heteroatoms. The second-order valence-electron chi connectivity index (χ2n) is 7.64. The molecule has 2 aromatic rings. The number of hydroxylamine groups is 2. The van der Waals surface area contributed by atoms with Crippen molar-refractivity contribution in [2.75, 3.05) is 13.1 Å². The maximum Gasteiger partial charge on any atom is 0.147 e. The van der Waals surface area contributed by atoms with Gasteiger partial charge < -0.3 is 10.2 Å². The van der Waals surface area contributed by atoms with Crippen molar-refractivity contribution in [1.29, 1.82) is 0 Å². The summed E-state index contributed by atoms with van der Waals surface area (Å²) in [5, 5.41) is 5.56. The van der Waals surface area contributed by atoms with Crippen LogP contribution in [-0.4, -0.2) is 18.2 Å². The molecule has 0 saturated heterocycles. The lowest BCUT2D eigenvalue weighted by molar-refractivity contribution is -0.0777. The highest BCUT2D eigenvalue weighted by Gasteiger charge is 2.15. The summed E-state index contributed by atoms with van der Waals surface area (Å²) >= 11 is 3.52. The fourth-order valence-corrected chi connectivity index (χ4v) is 3.84. The number of halogens is 1. The number of benzene rings is 2. The van der Waals surface area contributed by atoms with Gasteiger partial charge in [0.05, 0.1) is 6.54 Å². The van der Waals surface area contributed by atoms with Gasteiger partial charge in [0.1, 0.15) is 5.75 Å². The van der Waals surface area contributed by atoms with Gasteiger partial charge in [-0.3, -0.25) is 0 Å². The second kappa shape index (κ2) is 10.3. The van der Waals surface area contributed by atoms with Crippen LogP contribution in [0.3, 0.4) is 0 Å². The smallest absolute Gasteiger partial charge is 0.147 e. The van der Waals surface area contributed by atoms with Gasteiger partial charge in [-0.1, -0.05) is 60.8 Å². The van der Waals surface area contributed by atoms with E-state index >= 15 is 0 Å². The molecule has 1 N–H and O–H groups in total. The van der Waals surface area contributed by atoms with Gasteiger partial charge in [-0.05, 0) is 66.3 Å². The van der Waals surface area contributed by atoms with E-state index in [1.807, 2.05) is 0 Å². The molecule has 1 atom stereocenters. The van der Waals surface area contributed by atoms with E-state index in [-0.39, 0.29) is 0 Å². The molecule has 1 aliphatic rings. The Morgan fingerprint density at radius 3 is 2.74 bits per heavy atom. The zero-order chi connectivity index (χ0) is 19.1. The van der Waals surface area contributed by atoms with Crippen LogP contribution >= 0.6 is 15.9 Å². The third kappa shape index (κ3) is 6.34. The predicted molar refractivity (Wildman–Crippen MR) is 116 cm³/mol. The van der Waals surface area contributed by atoms with Crippen LogP contribution in [0.2, 0.25) is 0 Å². The summed E-state index contributed by atoms with van der Waals surface area (Å²) in [5.74, 6) is 1.57. The monoisotopic (exact) mass is 430 g/mol. The molecule has 1 heterocycles. The topological polar surface area (TPSA) is 24.5 Å². The van der Waals surface area contributed by atoms with E-state index in [4.69, 9.17) is 4.84 Å². The van der Waals surface area contributed by atoms with Crippen LogP contribution in [0.4, 0.5) is 0 Å². The zero-order valence-corrected chi connectivity index (χ0v) is 18.1. The van der Waals surface area contributed by atoms with Crippen molar-refractivity contribution in [3.05, 3.63) is 63.6 Å².